The summed E-state index contributed by atoms with van der Waals surface area (Å²) < 4.78 is 10.0. The second-order valence-corrected chi connectivity index (χ2v) is 5.44. The van der Waals surface area contributed by atoms with Gasteiger partial charge in [-0.1, -0.05) is 18.2 Å². The highest BCUT2D eigenvalue weighted by Crippen LogP contribution is 2.16. The highest BCUT2D eigenvalue weighted by Gasteiger charge is 2.04. The summed E-state index contributed by atoms with van der Waals surface area (Å²) in [6.07, 6.45) is 1.48. The molecule has 0 aliphatic heterocycles. The number of amides is 1. The number of hydrogen-bond donors (Lipinski definition) is 1. The minimum atomic E-state index is -0.403. The van der Waals surface area contributed by atoms with Crippen molar-refractivity contribution >= 4 is 18.1 Å². The summed E-state index contributed by atoms with van der Waals surface area (Å²) in [6, 6.07) is 12.3. The minimum Gasteiger partial charge on any atom is -0.484 e. The van der Waals surface area contributed by atoms with Crippen LogP contribution in [0.4, 0.5) is 0 Å². The Kier molecular flexibility index (Phi) is 6.28. The van der Waals surface area contributed by atoms with E-state index >= 15 is 0 Å². The lowest BCUT2D eigenvalue weighted by molar-refractivity contribution is -0.123. The molecule has 1 amide bonds. The molecule has 6 nitrogen and oxygen atoms in total. The van der Waals surface area contributed by atoms with Crippen LogP contribution in [-0.4, -0.2) is 31.8 Å². The largest absolute Gasteiger partial charge is 0.484 e. The minimum absolute atomic E-state index is 0.124. The number of benzene rings is 2. The van der Waals surface area contributed by atoms with Crippen molar-refractivity contribution in [2.45, 2.75) is 13.8 Å². The fourth-order valence-electron chi connectivity index (χ4n) is 1.99. The van der Waals surface area contributed by atoms with Gasteiger partial charge in [-0.05, 0) is 54.8 Å². The van der Waals surface area contributed by atoms with E-state index in [2.05, 4.69) is 15.3 Å². The summed E-state index contributed by atoms with van der Waals surface area (Å²) in [4.78, 5) is 23.1. The first-order valence-electron chi connectivity index (χ1n) is 7.70. The summed E-state index contributed by atoms with van der Waals surface area (Å²) in [5.41, 5.74) is 5.85. The Labute approximate surface area is 146 Å². The van der Waals surface area contributed by atoms with Gasteiger partial charge in [-0.15, -0.1) is 0 Å². The van der Waals surface area contributed by atoms with E-state index in [4.69, 9.17) is 4.74 Å². The lowest BCUT2D eigenvalue weighted by atomic mass is 10.1. The first kappa shape index (κ1) is 18.2. The number of ether oxygens (including phenoxy) is 2. The summed E-state index contributed by atoms with van der Waals surface area (Å²) in [5.74, 6) is -0.124. The SMILES string of the molecule is COC(=O)c1ccc(/C=N/NC(=O)COc2ccc(C)c(C)c2)cc1. The molecule has 0 bridgehead atoms. The van der Waals surface area contributed by atoms with Gasteiger partial charge in [0.05, 0.1) is 18.9 Å². The highest BCUT2D eigenvalue weighted by molar-refractivity contribution is 5.90. The van der Waals surface area contributed by atoms with Crippen LogP contribution in [0.3, 0.4) is 0 Å². The maximum absolute atomic E-state index is 11.7. The van der Waals surface area contributed by atoms with Gasteiger partial charge in [0, 0.05) is 0 Å². The molecule has 0 aliphatic carbocycles. The van der Waals surface area contributed by atoms with Crippen molar-refractivity contribution in [2.75, 3.05) is 13.7 Å². The highest BCUT2D eigenvalue weighted by atomic mass is 16.5. The Hall–Kier alpha value is -3.15. The van der Waals surface area contributed by atoms with Gasteiger partial charge < -0.3 is 9.47 Å². The predicted molar refractivity (Wildman–Crippen MR) is 94.9 cm³/mol. The van der Waals surface area contributed by atoms with Gasteiger partial charge in [0.1, 0.15) is 5.75 Å². The molecule has 1 N–H and O–H groups in total. The van der Waals surface area contributed by atoms with Crippen LogP contribution >= 0.6 is 0 Å². The third kappa shape index (κ3) is 5.46. The van der Waals surface area contributed by atoms with E-state index in [-0.39, 0.29) is 12.5 Å². The maximum atomic E-state index is 11.7. The van der Waals surface area contributed by atoms with Crippen LogP contribution in [0.1, 0.15) is 27.0 Å². The number of methoxy groups -OCH3 is 1. The Bertz CT molecular complexity index is 783. The predicted octanol–water partition coefficient (Wildman–Crippen LogP) is 2.62. The van der Waals surface area contributed by atoms with Crippen molar-refractivity contribution < 1.29 is 19.1 Å². The van der Waals surface area contributed by atoms with Gasteiger partial charge in [-0.2, -0.15) is 5.10 Å². The molecule has 2 aromatic rings. The number of esters is 1. The summed E-state index contributed by atoms with van der Waals surface area (Å²) in [5, 5.41) is 3.86. The molecule has 0 aliphatic rings. The van der Waals surface area contributed by atoms with E-state index in [0.717, 1.165) is 11.1 Å². The lowest BCUT2D eigenvalue weighted by Crippen LogP contribution is -2.24. The first-order valence-corrected chi connectivity index (χ1v) is 7.70. The molecule has 25 heavy (non-hydrogen) atoms. The third-order valence-electron chi connectivity index (χ3n) is 3.58. The van der Waals surface area contributed by atoms with E-state index in [0.29, 0.717) is 11.3 Å². The zero-order valence-electron chi connectivity index (χ0n) is 14.4. The van der Waals surface area contributed by atoms with Crippen LogP contribution in [0.2, 0.25) is 0 Å². The number of carbonyl (C=O) groups excluding carboxylic acids is 2. The average Bonchev–Trinajstić information content (AvgIpc) is 2.62. The van der Waals surface area contributed by atoms with Crippen LogP contribution in [0.15, 0.2) is 47.6 Å². The van der Waals surface area contributed by atoms with Gasteiger partial charge in [0.25, 0.3) is 5.91 Å². The van der Waals surface area contributed by atoms with Crippen LogP contribution < -0.4 is 10.2 Å². The Morgan fingerprint density at radius 3 is 2.44 bits per heavy atom. The number of carbonyl (C=O) groups is 2. The summed E-state index contributed by atoms with van der Waals surface area (Å²) in [6.45, 7) is 3.87. The topological polar surface area (TPSA) is 77.0 Å². The molecule has 0 heterocycles. The molecule has 0 radical (unpaired) electrons. The zero-order chi connectivity index (χ0) is 18.2. The summed E-state index contributed by atoms with van der Waals surface area (Å²) >= 11 is 0. The molecule has 0 fully saturated rings. The number of nitrogens with one attached hydrogen (secondary N) is 1. The molecule has 6 heteroatoms. The van der Waals surface area contributed by atoms with E-state index < -0.39 is 5.97 Å². The fourth-order valence-corrected chi connectivity index (χ4v) is 1.99. The van der Waals surface area contributed by atoms with Gasteiger partial charge in [-0.25, -0.2) is 10.2 Å². The number of hydrogen-bond acceptors (Lipinski definition) is 5. The van der Waals surface area contributed by atoms with Gasteiger partial charge in [0.15, 0.2) is 6.61 Å². The van der Waals surface area contributed by atoms with Crippen molar-refractivity contribution in [3.8, 4) is 5.75 Å². The Balaban J connectivity index is 1.81. The monoisotopic (exact) mass is 340 g/mol. The smallest absolute Gasteiger partial charge is 0.337 e. The van der Waals surface area contributed by atoms with E-state index in [1.165, 1.54) is 18.9 Å². The van der Waals surface area contributed by atoms with Gasteiger partial charge >= 0.3 is 5.97 Å². The molecular formula is C19H20N2O4. The van der Waals surface area contributed by atoms with Crippen molar-refractivity contribution in [1.29, 1.82) is 0 Å². The number of rotatable bonds is 6. The van der Waals surface area contributed by atoms with Crippen LogP contribution in [0.25, 0.3) is 0 Å². The van der Waals surface area contributed by atoms with Gasteiger partial charge in [0.2, 0.25) is 0 Å². The van der Waals surface area contributed by atoms with Crippen LogP contribution in [0, 0.1) is 13.8 Å². The standard InChI is InChI=1S/C19H20N2O4/c1-13-4-9-17(10-14(13)2)25-12-18(22)21-20-11-15-5-7-16(8-6-15)19(23)24-3/h4-11H,12H2,1-3H3,(H,21,22)/b20-11+. The lowest BCUT2D eigenvalue weighted by Gasteiger charge is -2.07. The van der Waals surface area contributed by atoms with Crippen LogP contribution in [0.5, 0.6) is 5.75 Å². The molecule has 2 rings (SSSR count). The molecule has 0 atom stereocenters. The van der Waals surface area contributed by atoms with Crippen molar-refractivity contribution in [1.82, 2.24) is 5.43 Å². The van der Waals surface area contributed by atoms with Gasteiger partial charge in [-0.3, -0.25) is 4.79 Å². The fraction of sp³-hybridized carbons (Fsp3) is 0.211. The molecule has 0 saturated carbocycles. The number of nitrogens with zero attached hydrogens (tertiary/aromatic N) is 1. The molecule has 0 unspecified atom stereocenters. The maximum Gasteiger partial charge on any atom is 0.337 e. The summed E-state index contributed by atoms with van der Waals surface area (Å²) in [7, 11) is 1.33. The average molecular weight is 340 g/mol. The Morgan fingerprint density at radius 2 is 1.80 bits per heavy atom. The van der Waals surface area contributed by atoms with Crippen molar-refractivity contribution in [3.05, 3.63) is 64.7 Å². The molecule has 0 spiro atoms. The second kappa shape index (κ2) is 8.63. The first-order chi connectivity index (χ1) is 12.0. The van der Waals surface area contributed by atoms with Crippen molar-refractivity contribution in [2.24, 2.45) is 5.10 Å². The van der Waals surface area contributed by atoms with E-state index in [1.54, 1.807) is 24.3 Å². The molecular weight excluding hydrogens is 320 g/mol. The third-order valence-corrected chi connectivity index (χ3v) is 3.58. The van der Waals surface area contributed by atoms with E-state index in [1.807, 2.05) is 32.0 Å². The van der Waals surface area contributed by atoms with Crippen LogP contribution in [-0.2, 0) is 9.53 Å². The number of hydrazone groups is 1. The number of aryl methyl sites for hydroxylation is 2. The zero-order valence-corrected chi connectivity index (χ0v) is 14.4. The molecule has 2 aromatic carbocycles. The molecule has 130 valence electrons. The normalized spacial score (nSPS) is 10.5. The molecule has 0 aromatic heterocycles. The van der Waals surface area contributed by atoms with Crippen molar-refractivity contribution in [3.63, 3.8) is 0 Å². The Morgan fingerprint density at radius 1 is 1.08 bits per heavy atom. The quantitative estimate of drug-likeness (QED) is 0.498. The second-order valence-electron chi connectivity index (χ2n) is 5.44. The molecule has 0 saturated heterocycles. The van der Waals surface area contributed by atoms with E-state index in [9.17, 15) is 9.59 Å².